The highest BCUT2D eigenvalue weighted by atomic mass is 16.6. The lowest BCUT2D eigenvalue weighted by atomic mass is 9.82. The Bertz CT molecular complexity index is 2640. The van der Waals surface area contributed by atoms with E-state index in [1.165, 1.54) is 16.7 Å². The van der Waals surface area contributed by atoms with Crippen molar-refractivity contribution in [2.45, 2.75) is 109 Å². The molecule has 8 rings (SSSR count). The number of hydrogen-bond donors (Lipinski definition) is 1. The van der Waals surface area contributed by atoms with Crippen LogP contribution in [0.2, 0.25) is 0 Å². The van der Waals surface area contributed by atoms with E-state index in [9.17, 15) is 19.5 Å². The predicted molar refractivity (Wildman–Crippen MR) is 242 cm³/mol. The van der Waals surface area contributed by atoms with Crippen molar-refractivity contribution in [1.29, 1.82) is 0 Å². The van der Waals surface area contributed by atoms with E-state index < -0.39 is 41.3 Å². The van der Waals surface area contributed by atoms with Crippen LogP contribution in [0.25, 0.3) is 11.0 Å². The maximum atomic E-state index is 14.7. The Morgan fingerprint density at radius 3 is 2.48 bits per heavy atom. The van der Waals surface area contributed by atoms with E-state index in [-0.39, 0.29) is 37.6 Å². The fourth-order valence-corrected chi connectivity index (χ4v) is 9.47. The third-order valence-corrected chi connectivity index (χ3v) is 12.9. The minimum absolute atomic E-state index is 0.0958. The molecule has 0 radical (unpaired) electrons. The zero-order valence-corrected chi connectivity index (χ0v) is 36.7. The van der Waals surface area contributed by atoms with Crippen molar-refractivity contribution < 1.29 is 38.1 Å². The molecular weight excluding hydrogens is 793 g/mol. The van der Waals surface area contributed by atoms with Gasteiger partial charge in [0.15, 0.2) is 17.8 Å². The van der Waals surface area contributed by atoms with Gasteiger partial charge in [0.1, 0.15) is 11.3 Å². The van der Waals surface area contributed by atoms with E-state index >= 15 is 0 Å². The molecule has 4 aromatic carbocycles. The van der Waals surface area contributed by atoms with Crippen LogP contribution in [0.5, 0.6) is 5.75 Å². The van der Waals surface area contributed by atoms with Crippen LogP contribution in [0.1, 0.15) is 109 Å². The number of fused-ring (bicyclic) bond motifs is 7. The average molecular weight is 849 g/mol. The van der Waals surface area contributed by atoms with Crippen molar-refractivity contribution in [3.63, 3.8) is 0 Å². The van der Waals surface area contributed by atoms with E-state index in [1.54, 1.807) is 25.3 Å². The number of ether oxygens (including phenoxy) is 4. The molecule has 63 heavy (non-hydrogen) atoms. The summed E-state index contributed by atoms with van der Waals surface area (Å²) in [6.07, 6.45) is 2.72. The van der Waals surface area contributed by atoms with Gasteiger partial charge in [-0.25, -0.2) is 9.59 Å². The van der Waals surface area contributed by atoms with Gasteiger partial charge in [-0.05, 0) is 123 Å². The van der Waals surface area contributed by atoms with Crippen molar-refractivity contribution in [3.8, 4) is 17.6 Å². The Kier molecular flexibility index (Phi) is 13.3. The average Bonchev–Trinajstić information content (AvgIpc) is 3.25. The number of hydrogen-bond acceptors (Lipinski definition) is 9. The Balaban J connectivity index is 1.23. The molecule has 1 N–H and O–H groups in total. The highest BCUT2D eigenvalue weighted by Gasteiger charge is 2.53. The molecule has 5 atom stereocenters. The summed E-state index contributed by atoms with van der Waals surface area (Å²) in [5.41, 5.74) is 7.34. The number of benzene rings is 4. The lowest BCUT2D eigenvalue weighted by Crippen LogP contribution is -2.54. The van der Waals surface area contributed by atoms with Crippen LogP contribution in [-0.2, 0) is 55.9 Å². The fourth-order valence-electron chi connectivity index (χ4n) is 9.47. The molecule has 0 fully saturated rings. The number of methoxy groups -OCH3 is 1. The van der Waals surface area contributed by atoms with Gasteiger partial charge in [0.2, 0.25) is 0 Å². The molecule has 0 unspecified atom stereocenters. The molecule has 0 aliphatic carbocycles. The Hall–Kier alpha value is -5.95. The quantitative estimate of drug-likeness (QED) is 0.0635. The van der Waals surface area contributed by atoms with Crippen LogP contribution in [0.3, 0.4) is 0 Å². The van der Waals surface area contributed by atoms with Gasteiger partial charge in [-0.1, -0.05) is 90.2 Å². The number of carbonyl (C=O) groups excluding carboxylic acids is 2. The molecule has 9 nitrogen and oxygen atoms in total. The van der Waals surface area contributed by atoms with Gasteiger partial charge in [0, 0.05) is 49.0 Å². The van der Waals surface area contributed by atoms with E-state index in [0.29, 0.717) is 59.9 Å². The third-order valence-electron chi connectivity index (χ3n) is 12.9. The number of esters is 2. The number of aliphatic hydroxyl groups excluding tert-OH is 1. The largest absolute Gasteiger partial charge is 0.482 e. The van der Waals surface area contributed by atoms with Gasteiger partial charge in [-0.15, -0.1) is 0 Å². The van der Waals surface area contributed by atoms with Crippen LogP contribution in [0.15, 0.2) is 111 Å². The summed E-state index contributed by atoms with van der Waals surface area (Å²) in [6.45, 7) is 5.69. The Labute approximate surface area is 369 Å². The molecular formula is C54H56O9. The van der Waals surface area contributed by atoms with E-state index in [4.69, 9.17) is 23.4 Å². The van der Waals surface area contributed by atoms with Gasteiger partial charge in [-0.2, -0.15) is 0 Å². The van der Waals surface area contributed by atoms with E-state index in [2.05, 4.69) is 78.6 Å². The first-order chi connectivity index (χ1) is 30.5. The van der Waals surface area contributed by atoms with Crippen LogP contribution < -0.4 is 10.4 Å². The zero-order chi connectivity index (χ0) is 44.1. The molecule has 1 aromatic heterocycles. The summed E-state index contributed by atoms with van der Waals surface area (Å²) in [6, 6.07) is 30.9. The number of rotatable bonds is 10. The molecule has 5 aromatic rings. The number of aryl methyl sites for hydroxylation is 2. The molecule has 4 heterocycles. The fraction of sp³-hybridized carbons (Fsp3) is 0.389. The van der Waals surface area contributed by atoms with Crippen molar-refractivity contribution in [1.82, 2.24) is 0 Å². The standard InChI is InChI=1S/C54H56O9/c1-34(2)44-22-19-37-18-20-41-30-39(17-16-36-13-10-14-38(28-36)27-35-11-6-5-7-12-35)31-47(56)60-50-48-46(63-54(3,51(50)62-52(44)57)25-9-8-15-40(41)29-37)23-21-42-32-45(53(58)61-49(42)48)43(24-26-55)33-59-4/h5-7,10-14,18,20-21,23,28-29,32,39,43,50-51,55H,15-17,19,22,24-27,30-31,33H2,1-4H3/t39-,43+,50+,51-,54-/m0/s1. The molecule has 0 amide bonds. The lowest BCUT2D eigenvalue weighted by molar-refractivity contribution is -0.190. The monoisotopic (exact) mass is 848 g/mol. The summed E-state index contributed by atoms with van der Waals surface area (Å²) >= 11 is 0. The first-order valence-electron chi connectivity index (χ1n) is 22.2. The first kappa shape index (κ1) is 43.7. The lowest BCUT2D eigenvalue weighted by Gasteiger charge is -2.44. The van der Waals surface area contributed by atoms with Gasteiger partial charge in [-0.3, -0.25) is 4.79 Å². The van der Waals surface area contributed by atoms with Crippen molar-refractivity contribution >= 4 is 22.9 Å². The highest BCUT2D eigenvalue weighted by Crippen LogP contribution is 2.48. The van der Waals surface area contributed by atoms with Crippen molar-refractivity contribution in [3.05, 3.63) is 157 Å². The second-order valence-corrected chi connectivity index (χ2v) is 17.8. The summed E-state index contributed by atoms with van der Waals surface area (Å²) in [5.74, 6) is 5.61. The maximum Gasteiger partial charge on any atom is 0.339 e. The summed E-state index contributed by atoms with van der Waals surface area (Å²) < 4.78 is 31.6. The van der Waals surface area contributed by atoms with Gasteiger partial charge in [0.25, 0.3) is 0 Å². The summed E-state index contributed by atoms with van der Waals surface area (Å²) in [5, 5.41) is 10.4. The van der Waals surface area contributed by atoms with E-state index in [1.807, 2.05) is 26.8 Å². The minimum atomic E-state index is -1.27. The van der Waals surface area contributed by atoms with Crippen LogP contribution in [0.4, 0.5) is 0 Å². The molecule has 0 saturated heterocycles. The van der Waals surface area contributed by atoms with Crippen molar-refractivity contribution in [2.24, 2.45) is 5.92 Å². The van der Waals surface area contributed by atoms with Crippen molar-refractivity contribution in [2.75, 3.05) is 20.3 Å². The molecule has 326 valence electrons. The SMILES string of the molecule is COC[C@@H](CCO)c1cc2ccc3c(c2oc1=O)[C@H]1OC(=O)C[C@@H](CCc2cccc(Cc4ccccc4)c2)Cc2ccc4cc2CC#CC[C@](C)(O3)[C@H]1OC(=O)C(=C(C)C)CC4. The normalized spacial score (nSPS) is 21.5. The number of aliphatic hydroxyl groups is 1. The maximum absolute atomic E-state index is 14.7. The zero-order valence-electron chi connectivity index (χ0n) is 36.7. The molecule has 0 saturated carbocycles. The second kappa shape index (κ2) is 19.2. The molecule has 9 heteroatoms. The third kappa shape index (κ3) is 9.83. The summed E-state index contributed by atoms with van der Waals surface area (Å²) in [4.78, 5) is 43.0. The molecule has 3 aliphatic rings. The predicted octanol–water partition coefficient (Wildman–Crippen LogP) is 9.26. The topological polar surface area (TPSA) is 122 Å². The first-order valence-corrected chi connectivity index (χ1v) is 22.2. The number of carbonyl (C=O) groups is 2. The smallest absolute Gasteiger partial charge is 0.339 e. The van der Waals surface area contributed by atoms with Gasteiger partial charge in [0.05, 0.1) is 18.6 Å². The molecule has 0 spiro atoms. The highest BCUT2D eigenvalue weighted by molar-refractivity contribution is 5.90. The second-order valence-electron chi connectivity index (χ2n) is 17.8. The van der Waals surface area contributed by atoms with Crippen LogP contribution in [0, 0.1) is 17.8 Å². The van der Waals surface area contributed by atoms with Gasteiger partial charge < -0.3 is 28.5 Å². The van der Waals surface area contributed by atoms with E-state index in [0.717, 1.165) is 41.5 Å². The Morgan fingerprint density at radius 2 is 1.68 bits per heavy atom. The molecule has 3 aliphatic heterocycles. The number of allylic oxidation sites excluding steroid dienone is 1. The summed E-state index contributed by atoms with van der Waals surface area (Å²) in [7, 11) is 1.54. The van der Waals surface area contributed by atoms with Gasteiger partial charge >= 0.3 is 17.6 Å². The minimum Gasteiger partial charge on any atom is -0.482 e. The van der Waals surface area contributed by atoms with Crippen LogP contribution >= 0.6 is 0 Å². The Morgan fingerprint density at radius 1 is 0.873 bits per heavy atom. The molecule has 5 bridgehead atoms. The van der Waals surface area contributed by atoms with Crippen LogP contribution in [-0.4, -0.2) is 49.1 Å².